The quantitative estimate of drug-likeness (QED) is 0.468. The summed E-state index contributed by atoms with van der Waals surface area (Å²) < 4.78 is 0. The first-order chi connectivity index (χ1) is 10.9. The molecule has 4 rings (SSSR count). The summed E-state index contributed by atoms with van der Waals surface area (Å²) in [5, 5.41) is 0. The molecule has 0 N–H and O–H groups in total. The molecule has 0 bridgehead atoms. The van der Waals surface area contributed by atoms with E-state index in [1.807, 2.05) is 0 Å². The average Bonchev–Trinajstić information content (AvgIpc) is 2.85. The lowest BCUT2D eigenvalue weighted by molar-refractivity contribution is -0.102. The van der Waals surface area contributed by atoms with E-state index in [1.165, 1.54) is 68.9 Å². The van der Waals surface area contributed by atoms with Gasteiger partial charge < -0.3 is 0 Å². The van der Waals surface area contributed by atoms with Crippen LogP contribution in [-0.2, 0) is 0 Å². The monoisotopic (exact) mass is 312 g/mol. The van der Waals surface area contributed by atoms with E-state index in [2.05, 4.69) is 33.9 Å². The zero-order valence-electron chi connectivity index (χ0n) is 15.7. The van der Waals surface area contributed by atoms with Gasteiger partial charge in [-0.2, -0.15) is 0 Å². The zero-order chi connectivity index (χ0) is 16.4. The second kappa shape index (κ2) is 5.24. The lowest BCUT2D eigenvalue weighted by Crippen LogP contribution is -2.52. The van der Waals surface area contributed by atoms with Crippen LogP contribution in [0.5, 0.6) is 0 Å². The Morgan fingerprint density at radius 1 is 0.957 bits per heavy atom. The highest BCUT2D eigenvalue weighted by molar-refractivity contribution is 5.16. The Bertz CT molecular complexity index is 528. The van der Waals surface area contributed by atoms with Crippen LogP contribution in [0.2, 0.25) is 0 Å². The third-order valence-electron chi connectivity index (χ3n) is 9.21. The maximum absolute atomic E-state index is 4.36. The Hall–Kier alpha value is -0.520. The zero-order valence-corrected chi connectivity index (χ0v) is 15.7. The molecule has 4 saturated carbocycles. The topological polar surface area (TPSA) is 0 Å². The molecule has 0 radical (unpaired) electrons. The fourth-order valence-electron chi connectivity index (χ4n) is 7.97. The van der Waals surface area contributed by atoms with Gasteiger partial charge in [0.05, 0.1) is 0 Å². The van der Waals surface area contributed by atoms with E-state index in [0.717, 1.165) is 29.6 Å². The SMILES string of the molecule is C=C1CCC2(C)C(CCC3C2CCC2(C)C(C(=C)C)CCC32)C1. The first-order valence-electron chi connectivity index (χ1n) is 10.2. The largest absolute Gasteiger partial charge is 0.0999 e. The molecule has 23 heavy (non-hydrogen) atoms. The molecule has 4 fully saturated rings. The molecule has 0 heteroatoms. The maximum atomic E-state index is 4.36. The van der Waals surface area contributed by atoms with E-state index in [0.29, 0.717) is 10.8 Å². The summed E-state index contributed by atoms with van der Waals surface area (Å²) in [5.41, 5.74) is 4.18. The van der Waals surface area contributed by atoms with Gasteiger partial charge in [0.25, 0.3) is 0 Å². The van der Waals surface area contributed by atoms with E-state index in [1.54, 1.807) is 0 Å². The Morgan fingerprint density at radius 3 is 2.43 bits per heavy atom. The first-order valence-corrected chi connectivity index (χ1v) is 10.2. The normalized spacial score (nSPS) is 52.5. The standard InChI is InChI=1S/C23H36/c1-15(2)19-8-9-20-18-7-6-17-14-16(3)10-12-22(17,4)21(18)11-13-23(19,20)5/h17-21H,1,3,6-14H2,2,4-5H3. The molecule has 0 aromatic heterocycles. The molecule has 0 saturated heterocycles. The van der Waals surface area contributed by atoms with Crippen LogP contribution in [0.1, 0.15) is 78.6 Å². The average molecular weight is 313 g/mol. The molecule has 4 aliphatic carbocycles. The summed E-state index contributed by atoms with van der Waals surface area (Å²) in [6.07, 6.45) is 12.9. The van der Waals surface area contributed by atoms with Crippen LogP contribution in [-0.4, -0.2) is 0 Å². The van der Waals surface area contributed by atoms with Crippen molar-refractivity contribution in [1.29, 1.82) is 0 Å². The van der Waals surface area contributed by atoms with Gasteiger partial charge in [-0.3, -0.25) is 0 Å². The van der Waals surface area contributed by atoms with Gasteiger partial charge >= 0.3 is 0 Å². The molecule has 0 nitrogen and oxygen atoms in total. The van der Waals surface area contributed by atoms with Gasteiger partial charge in [0.15, 0.2) is 0 Å². The van der Waals surface area contributed by atoms with Crippen molar-refractivity contribution in [3.8, 4) is 0 Å². The number of rotatable bonds is 1. The predicted molar refractivity (Wildman–Crippen MR) is 99.2 cm³/mol. The van der Waals surface area contributed by atoms with Crippen LogP contribution >= 0.6 is 0 Å². The first kappa shape index (κ1) is 16.0. The maximum Gasteiger partial charge on any atom is -0.0152 e. The molecule has 7 atom stereocenters. The molecule has 0 aromatic rings. The molecule has 0 spiro atoms. The molecule has 0 heterocycles. The van der Waals surface area contributed by atoms with Gasteiger partial charge in [0.1, 0.15) is 0 Å². The molecule has 7 unspecified atom stereocenters. The Morgan fingerprint density at radius 2 is 1.70 bits per heavy atom. The fraction of sp³-hybridized carbons (Fsp3) is 0.826. The molecule has 0 aliphatic heterocycles. The number of fused-ring (bicyclic) bond motifs is 5. The van der Waals surface area contributed by atoms with Gasteiger partial charge in [0, 0.05) is 0 Å². The van der Waals surface area contributed by atoms with Crippen molar-refractivity contribution in [2.45, 2.75) is 78.6 Å². The smallest absolute Gasteiger partial charge is 0.0152 e. The van der Waals surface area contributed by atoms with Gasteiger partial charge in [-0.25, -0.2) is 0 Å². The minimum atomic E-state index is 0.564. The van der Waals surface area contributed by atoms with Gasteiger partial charge in [-0.05, 0) is 105 Å². The molecular weight excluding hydrogens is 276 g/mol. The summed E-state index contributed by atoms with van der Waals surface area (Å²) in [7, 11) is 0. The summed E-state index contributed by atoms with van der Waals surface area (Å²) >= 11 is 0. The van der Waals surface area contributed by atoms with Crippen molar-refractivity contribution in [2.24, 2.45) is 40.4 Å². The van der Waals surface area contributed by atoms with E-state index in [9.17, 15) is 0 Å². The number of allylic oxidation sites excluding steroid dienone is 2. The molecule has 0 aromatic carbocycles. The third-order valence-corrected chi connectivity index (χ3v) is 9.21. The highest BCUT2D eigenvalue weighted by Gasteiger charge is 2.59. The molecule has 0 amide bonds. The van der Waals surface area contributed by atoms with E-state index in [4.69, 9.17) is 0 Å². The molecular formula is C23H36. The van der Waals surface area contributed by atoms with Gasteiger partial charge in [-0.15, -0.1) is 0 Å². The predicted octanol–water partition coefficient (Wildman–Crippen LogP) is 6.78. The van der Waals surface area contributed by atoms with Crippen LogP contribution in [0.15, 0.2) is 24.3 Å². The summed E-state index contributed by atoms with van der Waals surface area (Å²) in [5.74, 6) is 4.71. The lowest BCUT2D eigenvalue weighted by Gasteiger charge is -2.60. The number of hydrogen-bond acceptors (Lipinski definition) is 0. The summed E-state index contributed by atoms with van der Waals surface area (Å²) in [6.45, 7) is 16.3. The van der Waals surface area contributed by atoms with E-state index in [-0.39, 0.29) is 0 Å². The summed E-state index contributed by atoms with van der Waals surface area (Å²) in [6, 6.07) is 0. The Labute approximate surface area is 143 Å². The van der Waals surface area contributed by atoms with Crippen molar-refractivity contribution < 1.29 is 0 Å². The van der Waals surface area contributed by atoms with Crippen molar-refractivity contribution in [3.05, 3.63) is 24.3 Å². The van der Waals surface area contributed by atoms with Gasteiger partial charge in [0.2, 0.25) is 0 Å². The van der Waals surface area contributed by atoms with Crippen LogP contribution in [0.4, 0.5) is 0 Å². The van der Waals surface area contributed by atoms with Crippen molar-refractivity contribution in [3.63, 3.8) is 0 Å². The highest BCUT2D eigenvalue weighted by Crippen LogP contribution is 2.68. The molecule has 128 valence electrons. The van der Waals surface area contributed by atoms with Crippen molar-refractivity contribution >= 4 is 0 Å². The van der Waals surface area contributed by atoms with E-state index >= 15 is 0 Å². The minimum absolute atomic E-state index is 0.564. The second-order valence-electron chi connectivity index (χ2n) is 10.1. The highest BCUT2D eigenvalue weighted by atomic mass is 14.6. The van der Waals surface area contributed by atoms with Crippen LogP contribution in [0.3, 0.4) is 0 Å². The summed E-state index contributed by atoms with van der Waals surface area (Å²) in [4.78, 5) is 0. The van der Waals surface area contributed by atoms with Crippen LogP contribution in [0, 0.1) is 40.4 Å². The van der Waals surface area contributed by atoms with Crippen molar-refractivity contribution in [2.75, 3.05) is 0 Å². The minimum Gasteiger partial charge on any atom is -0.0999 e. The Kier molecular flexibility index (Phi) is 3.64. The Balaban J connectivity index is 1.63. The number of hydrogen-bond donors (Lipinski definition) is 0. The van der Waals surface area contributed by atoms with Gasteiger partial charge in [-0.1, -0.05) is 38.2 Å². The lowest BCUT2D eigenvalue weighted by atomic mass is 9.44. The second-order valence-corrected chi connectivity index (χ2v) is 10.1. The molecule has 4 aliphatic rings. The third kappa shape index (κ3) is 2.16. The van der Waals surface area contributed by atoms with Crippen molar-refractivity contribution in [1.82, 2.24) is 0 Å². The van der Waals surface area contributed by atoms with Crippen LogP contribution in [0.25, 0.3) is 0 Å². The van der Waals surface area contributed by atoms with E-state index < -0.39 is 0 Å². The fourth-order valence-corrected chi connectivity index (χ4v) is 7.97. The van der Waals surface area contributed by atoms with Crippen LogP contribution < -0.4 is 0 Å².